The van der Waals surface area contributed by atoms with Crippen LogP contribution >= 0.6 is 11.8 Å². The molecule has 3 fully saturated rings. The summed E-state index contributed by atoms with van der Waals surface area (Å²) < 4.78 is 36.6. The summed E-state index contributed by atoms with van der Waals surface area (Å²) in [5, 5.41) is 5.20. The number of halogens is 2. The molecule has 35 heavy (non-hydrogen) atoms. The molecule has 1 aromatic heterocycles. The molecular formula is C23H29F2N3O6S. The highest BCUT2D eigenvalue weighted by Crippen LogP contribution is 2.36. The Bertz CT molecular complexity index is 1050. The van der Waals surface area contributed by atoms with Gasteiger partial charge in [0.15, 0.2) is 17.2 Å². The van der Waals surface area contributed by atoms with Crippen LogP contribution < -0.4 is 15.5 Å². The second kappa shape index (κ2) is 12.2. The number of imide groups is 1. The van der Waals surface area contributed by atoms with E-state index in [0.29, 0.717) is 23.3 Å². The van der Waals surface area contributed by atoms with Gasteiger partial charge in [-0.05, 0) is 26.0 Å². The summed E-state index contributed by atoms with van der Waals surface area (Å²) in [6.07, 6.45) is 1.85. The average Bonchev–Trinajstić information content (AvgIpc) is 3.37. The molecular weight excluding hydrogens is 484 g/mol. The lowest BCUT2D eigenvalue weighted by Gasteiger charge is -2.25. The molecule has 0 spiro atoms. The number of para-hydroxylation sites is 1. The Morgan fingerprint density at radius 3 is 2.29 bits per heavy atom. The van der Waals surface area contributed by atoms with Gasteiger partial charge in [0, 0.05) is 26.4 Å². The molecule has 2 aromatic rings. The molecule has 3 aliphatic heterocycles. The minimum atomic E-state index is -0.558. The van der Waals surface area contributed by atoms with Crippen molar-refractivity contribution in [3.63, 3.8) is 0 Å². The Morgan fingerprint density at radius 1 is 1.11 bits per heavy atom. The van der Waals surface area contributed by atoms with Crippen LogP contribution in [0.15, 0.2) is 28.9 Å². The molecule has 3 atom stereocenters. The first-order valence-electron chi connectivity index (χ1n) is 11.1. The number of carbonyl (C=O) groups excluding carboxylic acids is 4. The Hall–Kier alpha value is -2.83. The number of ketones is 1. The first-order valence-corrected chi connectivity index (χ1v) is 12.0. The maximum absolute atomic E-state index is 13.5. The van der Waals surface area contributed by atoms with E-state index in [0.717, 1.165) is 24.9 Å². The van der Waals surface area contributed by atoms with Crippen molar-refractivity contribution in [1.82, 2.24) is 10.6 Å². The minimum absolute atomic E-state index is 0. The molecule has 0 saturated carbocycles. The Morgan fingerprint density at radius 2 is 1.77 bits per heavy atom. The maximum atomic E-state index is 13.5. The number of alkyl halides is 1. The van der Waals surface area contributed by atoms with Crippen molar-refractivity contribution < 1.29 is 38.5 Å². The second-order valence-corrected chi connectivity index (χ2v) is 9.54. The quantitative estimate of drug-likeness (QED) is 0.464. The number of carbonyl (C=O) groups is 4. The van der Waals surface area contributed by atoms with Crippen molar-refractivity contribution in [2.45, 2.75) is 44.1 Å². The molecule has 3 amide bonds. The van der Waals surface area contributed by atoms with Gasteiger partial charge in [-0.1, -0.05) is 17.8 Å². The van der Waals surface area contributed by atoms with Crippen LogP contribution in [0.3, 0.4) is 0 Å². The molecule has 12 heteroatoms. The average molecular weight is 514 g/mol. The fraction of sp³-hybridized carbons (Fsp3) is 0.478. The summed E-state index contributed by atoms with van der Waals surface area (Å²) in [4.78, 5) is 44.3. The van der Waals surface area contributed by atoms with Crippen molar-refractivity contribution in [2.24, 2.45) is 0 Å². The predicted molar refractivity (Wildman–Crippen MR) is 129 cm³/mol. The van der Waals surface area contributed by atoms with Gasteiger partial charge in [-0.25, -0.2) is 8.78 Å². The first-order chi connectivity index (χ1) is 16.7. The number of ether oxygens (including phenoxy) is 1. The van der Waals surface area contributed by atoms with Crippen LogP contribution in [0, 0.1) is 5.82 Å². The molecule has 0 bridgehead atoms. The van der Waals surface area contributed by atoms with Gasteiger partial charge in [-0.2, -0.15) is 0 Å². The summed E-state index contributed by atoms with van der Waals surface area (Å²) >= 11 is 0.961. The SMILES string of the molecule is C[C@@H]1CNC[C@H](C)O1.O=C1CC(=O)NC(=O)C1.O=C1S[C@@H](CF)CN1c1coc2c(F)cccc12.[HH]. The molecule has 2 N–H and O–H groups in total. The number of nitrogens with one attached hydrogen (secondary N) is 2. The maximum Gasteiger partial charge on any atom is 0.286 e. The van der Waals surface area contributed by atoms with Crippen LogP contribution in [0.25, 0.3) is 11.0 Å². The number of piperidine rings is 1. The van der Waals surface area contributed by atoms with Crippen molar-refractivity contribution in [1.29, 1.82) is 0 Å². The van der Waals surface area contributed by atoms with E-state index in [2.05, 4.69) is 19.2 Å². The van der Waals surface area contributed by atoms with E-state index in [1.165, 1.54) is 17.2 Å². The number of furan rings is 1. The van der Waals surface area contributed by atoms with Gasteiger partial charge in [0.2, 0.25) is 11.8 Å². The highest BCUT2D eigenvalue weighted by molar-refractivity contribution is 8.14. The molecule has 0 radical (unpaired) electrons. The highest BCUT2D eigenvalue weighted by Gasteiger charge is 2.33. The van der Waals surface area contributed by atoms with Gasteiger partial charge in [-0.15, -0.1) is 0 Å². The van der Waals surface area contributed by atoms with Crippen LogP contribution in [-0.2, 0) is 19.1 Å². The van der Waals surface area contributed by atoms with Gasteiger partial charge >= 0.3 is 0 Å². The number of rotatable bonds is 2. The van der Waals surface area contributed by atoms with Gasteiger partial charge in [0.25, 0.3) is 5.24 Å². The molecule has 3 saturated heterocycles. The largest absolute Gasteiger partial charge is 0.459 e. The first kappa shape index (κ1) is 26.8. The summed E-state index contributed by atoms with van der Waals surface area (Å²) in [5.74, 6) is -1.75. The summed E-state index contributed by atoms with van der Waals surface area (Å²) in [6, 6.07) is 4.52. The van der Waals surface area contributed by atoms with E-state index >= 15 is 0 Å². The number of amides is 3. The van der Waals surface area contributed by atoms with E-state index in [1.807, 2.05) is 5.32 Å². The van der Waals surface area contributed by atoms with Crippen LogP contribution in [0.1, 0.15) is 28.1 Å². The Kier molecular flexibility index (Phi) is 9.35. The summed E-state index contributed by atoms with van der Waals surface area (Å²) in [7, 11) is 0. The number of hydrogen-bond donors (Lipinski definition) is 2. The number of thioether (sulfide) groups is 1. The van der Waals surface area contributed by atoms with Gasteiger partial charge in [0.1, 0.15) is 12.9 Å². The zero-order valence-corrected chi connectivity index (χ0v) is 20.2. The van der Waals surface area contributed by atoms with Crippen molar-refractivity contribution in [3.05, 3.63) is 30.3 Å². The van der Waals surface area contributed by atoms with E-state index < -0.39 is 24.3 Å². The number of nitrogens with zero attached hydrogens (tertiary/aromatic N) is 1. The van der Waals surface area contributed by atoms with E-state index in [4.69, 9.17) is 9.15 Å². The van der Waals surface area contributed by atoms with Gasteiger partial charge < -0.3 is 14.5 Å². The van der Waals surface area contributed by atoms with Gasteiger partial charge in [0.05, 0.1) is 36.0 Å². The molecule has 9 nitrogen and oxygen atoms in total. The van der Waals surface area contributed by atoms with Crippen LogP contribution in [0.5, 0.6) is 0 Å². The van der Waals surface area contributed by atoms with Crippen LogP contribution in [0.4, 0.5) is 19.3 Å². The number of hydrogen-bond acceptors (Lipinski definition) is 8. The van der Waals surface area contributed by atoms with E-state index in [1.54, 1.807) is 12.1 Å². The van der Waals surface area contributed by atoms with Crippen LogP contribution in [-0.4, -0.2) is 66.6 Å². The van der Waals surface area contributed by atoms with Crippen molar-refractivity contribution >= 4 is 51.3 Å². The fourth-order valence-electron chi connectivity index (χ4n) is 3.66. The molecule has 0 unspecified atom stereocenters. The topological polar surface area (TPSA) is 118 Å². The second-order valence-electron chi connectivity index (χ2n) is 8.29. The predicted octanol–water partition coefficient (Wildman–Crippen LogP) is 3.20. The lowest BCUT2D eigenvalue weighted by atomic mass is 10.1. The zero-order chi connectivity index (χ0) is 25.5. The molecule has 5 rings (SSSR count). The number of Topliss-reactive ketones (excluding diaryl/α,β-unsaturated/α-hetero) is 1. The number of morpholine rings is 1. The smallest absolute Gasteiger partial charge is 0.286 e. The number of anilines is 1. The highest BCUT2D eigenvalue weighted by atomic mass is 32.2. The molecule has 0 aliphatic carbocycles. The monoisotopic (exact) mass is 513 g/mol. The third kappa shape index (κ3) is 7.33. The van der Waals surface area contributed by atoms with E-state index in [-0.39, 0.29) is 42.7 Å². The van der Waals surface area contributed by atoms with E-state index in [9.17, 15) is 28.0 Å². The Labute approximate surface area is 206 Å². The van der Waals surface area contributed by atoms with Crippen molar-refractivity contribution in [3.8, 4) is 0 Å². The number of benzene rings is 1. The normalized spacial score (nSPS) is 24.5. The molecule has 192 valence electrons. The third-order valence-corrected chi connectivity index (χ3v) is 6.22. The number of fused-ring (bicyclic) bond motifs is 1. The fourth-order valence-corrected chi connectivity index (χ4v) is 4.54. The molecule has 1 aromatic carbocycles. The summed E-state index contributed by atoms with van der Waals surface area (Å²) in [5.41, 5.74) is 0.618. The van der Waals surface area contributed by atoms with Crippen LogP contribution in [0.2, 0.25) is 0 Å². The molecule has 4 heterocycles. The lowest BCUT2D eigenvalue weighted by molar-refractivity contribution is -0.138. The van der Waals surface area contributed by atoms with Crippen molar-refractivity contribution in [2.75, 3.05) is 31.2 Å². The standard InChI is InChI=1S/C12H9F2NO2S.C6H13NO.C5H5NO3.H2/c13-4-7-5-15(12(16)18-7)10-6-17-11-8(10)2-1-3-9(11)14;1-5-3-7-4-6(2)8-5;7-3-1-4(8)6-5(9)2-3;/h1-3,6-7H,4-5H2;5-7H,3-4H2,1-2H3;1-2H2,(H,6,8,9);1H/t7-;5-,6+;;/m0.../s1. The Balaban J connectivity index is 0.000000213. The van der Waals surface area contributed by atoms with Gasteiger partial charge in [-0.3, -0.25) is 29.4 Å². The molecule has 3 aliphatic rings. The summed E-state index contributed by atoms with van der Waals surface area (Å²) in [6.45, 7) is 5.90. The minimum Gasteiger partial charge on any atom is -0.459 e. The lowest BCUT2D eigenvalue weighted by Crippen LogP contribution is -2.41. The third-order valence-electron chi connectivity index (χ3n) is 5.19. The zero-order valence-electron chi connectivity index (χ0n) is 19.3.